The van der Waals surface area contributed by atoms with Gasteiger partial charge in [0.05, 0.1) is 0 Å². The smallest absolute Gasteiger partial charge is 0.293 e. The minimum absolute atomic E-state index is 0.287. The highest BCUT2D eigenvalue weighted by molar-refractivity contribution is 5.37. The molecule has 0 aromatic heterocycles. The van der Waals surface area contributed by atoms with Crippen molar-refractivity contribution in [1.82, 2.24) is 0 Å². The summed E-state index contributed by atoms with van der Waals surface area (Å²) in [4.78, 5) is 9.76. The zero-order valence-electron chi connectivity index (χ0n) is 9.75. The van der Waals surface area contributed by atoms with E-state index in [2.05, 4.69) is 4.74 Å². The molecule has 2 N–H and O–H groups in total. The van der Waals surface area contributed by atoms with E-state index < -0.39 is 0 Å². The Morgan fingerprint density at radius 1 is 1.11 bits per heavy atom. The molecule has 2 rings (SSSR count). The number of hydrogen-bond donors (Lipinski definition) is 1. The first kappa shape index (κ1) is 13.7. The van der Waals surface area contributed by atoms with Crippen LogP contribution in [-0.2, 0) is 16.1 Å². The maximum absolute atomic E-state index is 12.1. The van der Waals surface area contributed by atoms with Crippen LogP contribution in [0.25, 0.3) is 0 Å². The van der Waals surface area contributed by atoms with Crippen LogP contribution in [0.5, 0.6) is 0 Å². The first-order valence-electron chi connectivity index (χ1n) is 5.32. The number of hydrogen-bond acceptors (Lipinski definition) is 3. The molecular formula is C14H14FNO2. The van der Waals surface area contributed by atoms with E-state index in [0.29, 0.717) is 18.8 Å². The Morgan fingerprint density at radius 3 is 2.33 bits per heavy atom. The van der Waals surface area contributed by atoms with Gasteiger partial charge in [-0.3, -0.25) is 4.79 Å². The molecular weight excluding hydrogens is 233 g/mol. The van der Waals surface area contributed by atoms with Crippen molar-refractivity contribution >= 4 is 12.2 Å². The molecule has 0 fully saturated rings. The Labute approximate surface area is 105 Å². The van der Waals surface area contributed by atoms with Crippen LogP contribution >= 0.6 is 0 Å². The molecule has 0 unspecified atom stereocenters. The van der Waals surface area contributed by atoms with Gasteiger partial charge in [-0.1, -0.05) is 36.4 Å². The monoisotopic (exact) mass is 247 g/mol. The average molecular weight is 247 g/mol. The molecule has 2 aromatic carbocycles. The number of rotatable bonds is 3. The first-order chi connectivity index (χ1) is 8.72. The summed E-state index contributed by atoms with van der Waals surface area (Å²) in [5, 5.41) is 0. The van der Waals surface area contributed by atoms with E-state index in [4.69, 9.17) is 5.73 Å². The molecule has 18 heavy (non-hydrogen) atoms. The summed E-state index contributed by atoms with van der Waals surface area (Å²) in [6, 6.07) is 15.4. The van der Waals surface area contributed by atoms with E-state index in [9.17, 15) is 9.18 Å². The van der Waals surface area contributed by atoms with Gasteiger partial charge in [0.2, 0.25) is 0 Å². The molecule has 3 nitrogen and oxygen atoms in total. The van der Waals surface area contributed by atoms with Crippen LogP contribution < -0.4 is 5.73 Å². The van der Waals surface area contributed by atoms with E-state index in [0.717, 1.165) is 5.56 Å². The van der Waals surface area contributed by atoms with Gasteiger partial charge >= 0.3 is 0 Å². The molecule has 0 amide bonds. The van der Waals surface area contributed by atoms with Gasteiger partial charge in [-0.15, -0.1) is 0 Å². The lowest BCUT2D eigenvalue weighted by atomic mass is 10.2. The zero-order chi connectivity index (χ0) is 13.2. The third-order valence-corrected chi connectivity index (χ3v) is 2.01. The van der Waals surface area contributed by atoms with E-state index >= 15 is 0 Å². The van der Waals surface area contributed by atoms with Crippen molar-refractivity contribution in [3.8, 4) is 0 Å². The standard InChI is InChI=1S/C8H8O2.C6H6FN/c9-7-10-6-8-4-2-1-3-5-8;7-5-2-1-3-6(8)4-5/h1-5,7H,6H2;1-4H,8H2. The third-order valence-electron chi connectivity index (χ3n) is 2.01. The second-order valence-corrected chi connectivity index (χ2v) is 3.45. The van der Waals surface area contributed by atoms with Crippen LogP contribution in [0.15, 0.2) is 54.6 Å². The molecule has 0 saturated carbocycles. The lowest BCUT2D eigenvalue weighted by molar-refractivity contribution is -0.129. The molecule has 0 radical (unpaired) electrons. The second-order valence-electron chi connectivity index (χ2n) is 3.45. The van der Waals surface area contributed by atoms with Crippen LogP contribution in [0.3, 0.4) is 0 Å². The third kappa shape index (κ3) is 5.65. The quantitative estimate of drug-likeness (QED) is 0.670. The predicted octanol–water partition coefficient (Wildman–Crippen LogP) is 2.77. The summed E-state index contributed by atoms with van der Waals surface area (Å²) in [5.74, 6) is -0.287. The van der Waals surface area contributed by atoms with E-state index in [1.165, 1.54) is 12.1 Å². The van der Waals surface area contributed by atoms with Crippen LogP contribution in [0.4, 0.5) is 10.1 Å². The van der Waals surface area contributed by atoms with Crippen LogP contribution in [-0.4, -0.2) is 6.47 Å². The van der Waals surface area contributed by atoms with E-state index in [1.807, 2.05) is 30.3 Å². The summed E-state index contributed by atoms with van der Waals surface area (Å²) >= 11 is 0. The molecule has 0 spiro atoms. The molecule has 2 aromatic rings. The van der Waals surface area contributed by atoms with Gasteiger partial charge < -0.3 is 10.5 Å². The van der Waals surface area contributed by atoms with Crippen LogP contribution in [0.1, 0.15) is 5.56 Å². The van der Waals surface area contributed by atoms with Crippen molar-refractivity contribution < 1.29 is 13.9 Å². The number of anilines is 1. The Bertz CT molecular complexity index is 457. The Morgan fingerprint density at radius 2 is 1.83 bits per heavy atom. The van der Waals surface area contributed by atoms with Crippen molar-refractivity contribution in [3.63, 3.8) is 0 Å². The summed E-state index contributed by atoms with van der Waals surface area (Å²) in [5.41, 5.74) is 6.69. The van der Waals surface area contributed by atoms with Crippen molar-refractivity contribution in [2.45, 2.75) is 6.61 Å². The summed E-state index contributed by atoms with van der Waals surface area (Å²) in [6.07, 6.45) is 0. The molecule has 0 bridgehead atoms. The van der Waals surface area contributed by atoms with E-state index in [1.54, 1.807) is 12.1 Å². The number of carbonyl (C=O) groups is 1. The summed E-state index contributed by atoms with van der Waals surface area (Å²) in [7, 11) is 0. The SMILES string of the molecule is Nc1cccc(F)c1.O=COCc1ccccc1. The van der Waals surface area contributed by atoms with Crippen molar-refractivity contribution in [1.29, 1.82) is 0 Å². The fraction of sp³-hybridized carbons (Fsp3) is 0.0714. The molecule has 94 valence electrons. The highest BCUT2D eigenvalue weighted by atomic mass is 19.1. The van der Waals surface area contributed by atoms with Crippen molar-refractivity contribution in [2.24, 2.45) is 0 Å². The molecule has 0 heterocycles. The molecule has 0 aliphatic carbocycles. The predicted molar refractivity (Wildman–Crippen MR) is 68.1 cm³/mol. The summed E-state index contributed by atoms with van der Waals surface area (Å²) in [6.45, 7) is 0.817. The Kier molecular flexibility index (Phi) is 5.97. The van der Waals surface area contributed by atoms with Crippen molar-refractivity contribution in [3.05, 3.63) is 66.0 Å². The topological polar surface area (TPSA) is 52.3 Å². The van der Waals surface area contributed by atoms with E-state index in [-0.39, 0.29) is 5.82 Å². The van der Waals surface area contributed by atoms with Gasteiger partial charge in [-0.2, -0.15) is 0 Å². The lowest BCUT2D eigenvalue weighted by Gasteiger charge is -1.95. The van der Waals surface area contributed by atoms with Gasteiger partial charge in [-0.25, -0.2) is 4.39 Å². The maximum Gasteiger partial charge on any atom is 0.293 e. The first-order valence-corrected chi connectivity index (χ1v) is 5.32. The highest BCUT2D eigenvalue weighted by Crippen LogP contribution is 2.02. The maximum atomic E-state index is 12.1. The minimum Gasteiger partial charge on any atom is -0.463 e. The van der Waals surface area contributed by atoms with Gasteiger partial charge in [0.25, 0.3) is 6.47 Å². The molecule has 0 saturated heterocycles. The molecule has 4 heteroatoms. The Balaban J connectivity index is 0.000000184. The normalized spacial score (nSPS) is 8.94. The number of ether oxygens (including phenoxy) is 1. The number of carbonyl (C=O) groups excluding carboxylic acids is 1. The number of halogens is 1. The fourth-order valence-corrected chi connectivity index (χ4v) is 1.21. The van der Waals surface area contributed by atoms with Gasteiger partial charge in [0, 0.05) is 5.69 Å². The van der Waals surface area contributed by atoms with Crippen LogP contribution in [0, 0.1) is 5.82 Å². The molecule has 0 aliphatic rings. The highest BCUT2D eigenvalue weighted by Gasteiger charge is 1.87. The number of nitrogen functional groups attached to an aromatic ring is 1. The van der Waals surface area contributed by atoms with Gasteiger partial charge in [0.15, 0.2) is 0 Å². The lowest BCUT2D eigenvalue weighted by Crippen LogP contribution is -1.88. The average Bonchev–Trinajstić information content (AvgIpc) is 2.38. The van der Waals surface area contributed by atoms with Crippen LogP contribution in [0.2, 0.25) is 0 Å². The number of benzene rings is 2. The van der Waals surface area contributed by atoms with Gasteiger partial charge in [0.1, 0.15) is 12.4 Å². The second kappa shape index (κ2) is 7.84. The fourth-order valence-electron chi connectivity index (χ4n) is 1.21. The van der Waals surface area contributed by atoms with Gasteiger partial charge in [-0.05, 0) is 23.8 Å². The molecule has 0 atom stereocenters. The minimum atomic E-state index is -0.287. The molecule has 0 aliphatic heterocycles. The summed E-state index contributed by atoms with van der Waals surface area (Å²) < 4.78 is 16.6. The largest absolute Gasteiger partial charge is 0.463 e. The Hall–Kier alpha value is -2.36. The number of nitrogens with two attached hydrogens (primary N) is 1. The van der Waals surface area contributed by atoms with Crippen molar-refractivity contribution in [2.75, 3.05) is 5.73 Å². The zero-order valence-corrected chi connectivity index (χ0v) is 9.75.